The van der Waals surface area contributed by atoms with Gasteiger partial charge in [-0.1, -0.05) is 0 Å². The van der Waals surface area contributed by atoms with Crippen molar-refractivity contribution in [2.75, 3.05) is 13.2 Å². The van der Waals surface area contributed by atoms with Gasteiger partial charge in [-0.15, -0.1) is 11.3 Å². The Hall–Kier alpha value is -1.22. The number of ether oxygens (including phenoxy) is 1. The fraction of sp³-hybridized carbons (Fsp3) is 0.417. The fourth-order valence-electron chi connectivity index (χ4n) is 1.58. The molecule has 0 N–H and O–H groups in total. The molecule has 2 rings (SSSR count). The van der Waals surface area contributed by atoms with Gasteiger partial charge in [-0.05, 0) is 18.2 Å². The average molecular weight is 313 g/mol. The first-order chi connectivity index (χ1) is 9.61. The van der Waals surface area contributed by atoms with E-state index in [9.17, 15) is 9.35 Å². The summed E-state index contributed by atoms with van der Waals surface area (Å²) in [6.07, 6.45) is 4.01. The zero-order valence-electron chi connectivity index (χ0n) is 11.2. The van der Waals surface area contributed by atoms with Crippen molar-refractivity contribution in [1.82, 2.24) is 9.29 Å². The molecule has 0 aromatic carbocycles. The highest BCUT2D eigenvalue weighted by Crippen LogP contribution is 2.20. The summed E-state index contributed by atoms with van der Waals surface area (Å²) >= 11 is -0.242. The minimum absolute atomic E-state index is 0.0891. The Labute approximate surface area is 124 Å². The molecule has 1 aromatic rings. The van der Waals surface area contributed by atoms with Gasteiger partial charge in [-0.2, -0.15) is 4.31 Å². The molecule has 108 valence electrons. The fourth-order valence-corrected chi connectivity index (χ4v) is 3.15. The van der Waals surface area contributed by atoms with Crippen LogP contribution in [0.5, 0.6) is 0 Å². The van der Waals surface area contributed by atoms with E-state index >= 15 is 0 Å². The minimum atomic E-state index is -1.63. The molecule has 0 spiro atoms. The van der Waals surface area contributed by atoms with E-state index in [4.69, 9.17) is 4.74 Å². The van der Waals surface area contributed by atoms with Crippen molar-refractivity contribution in [1.29, 1.82) is 0 Å². The van der Waals surface area contributed by atoms with Crippen LogP contribution in [0.3, 0.4) is 0 Å². The van der Waals surface area contributed by atoms with Gasteiger partial charge < -0.3 is 9.29 Å². The van der Waals surface area contributed by atoms with Crippen LogP contribution in [0.15, 0.2) is 27.7 Å². The molecule has 0 aliphatic carbocycles. The lowest BCUT2D eigenvalue weighted by Gasteiger charge is -2.24. The average Bonchev–Trinajstić information content (AvgIpc) is 2.93. The third-order valence-corrected chi connectivity index (χ3v) is 4.37. The monoisotopic (exact) mass is 313 g/mol. The van der Waals surface area contributed by atoms with E-state index in [1.165, 1.54) is 15.6 Å². The van der Waals surface area contributed by atoms with E-state index in [0.717, 1.165) is 0 Å². The number of hydrogen-bond donors (Lipinski definition) is 0. The molecule has 0 saturated heterocycles. The quantitative estimate of drug-likeness (QED) is 0.585. The first-order valence-electron chi connectivity index (χ1n) is 6.08. The lowest BCUT2D eigenvalue weighted by atomic mass is 10.3. The van der Waals surface area contributed by atoms with Crippen LogP contribution in [0.2, 0.25) is 0 Å². The van der Waals surface area contributed by atoms with Gasteiger partial charge in [0.05, 0.1) is 19.3 Å². The maximum absolute atomic E-state index is 12.1. The van der Waals surface area contributed by atoms with Crippen molar-refractivity contribution in [3.8, 4) is 0 Å². The number of carbonyl (C=O) groups is 1. The zero-order chi connectivity index (χ0) is 14.5. The van der Waals surface area contributed by atoms with E-state index in [1.807, 2.05) is 13.8 Å². The first-order valence-corrected chi connectivity index (χ1v) is 8.02. The highest BCUT2D eigenvalue weighted by Gasteiger charge is 2.29. The maximum Gasteiger partial charge on any atom is 0.223 e. The van der Waals surface area contributed by atoms with Gasteiger partial charge >= 0.3 is 0 Å². The van der Waals surface area contributed by atoms with Crippen LogP contribution < -0.4 is 0 Å². The Morgan fingerprint density at radius 1 is 1.60 bits per heavy atom. The minimum Gasteiger partial charge on any atom is -0.566 e. The molecule has 20 heavy (non-hydrogen) atoms. The molecule has 0 saturated carbocycles. The van der Waals surface area contributed by atoms with Crippen LogP contribution in [0.4, 0.5) is 0 Å². The van der Waals surface area contributed by atoms with Crippen molar-refractivity contribution in [2.24, 2.45) is 4.40 Å². The molecule has 0 bridgehead atoms. The van der Waals surface area contributed by atoms with Gasteiger partial charge in [0.25, 0.3) is 0 Å². The molecule has 2 heterocycles. The molecule has 1 aromatic heterocycles. The van der Waals surface area contributed by atoms with Gasteiger partial charge in [-0.25, -0.2) is 4.98 Å². The zero-order valence-corrected chi connectivity index (χ0v) is 12.8. The molecule has 1 unspecified atom stereocenters. The van der Waals surface area contributed by atoms with Gasteiger partial charge in [0, 0.05) is 17.7 Å². The Morgan fingerprint density at radius 3 is 3.00 bits per heavy atom. The van der Waals surface area contributed by atoms with Gasteiger partial charge in [0.1, 0.15) is 10.7 Å². The molecule has 1 atom stereocenters. The highest BCUT2D eigenvalue weighted by atomic mass is 32.2. The second-order valence-corrected chi connectivity index (χ2v) is 6.23. The summed E-state index contributed by atoms with van der Waals surface area (Å²) in [5.74, 6) is 0. The molecule has 1 aliphatic heterocycles. The van der Waals surface area contributed by atoms with Crippen molar-refractivity contribution in [2.45, 2.75) is 20.0 Å². The predicted molar refractivity (Wildman–Crippen MR) is 78.7 cm³/mol. The summed E-state index contributed by atoms with van der Waals surface area (Å²) in [6, 6.07) is 0. The molecule has 6 nitrogen and oxygen atoms in total. The maximum atomic E-state index is 12.1. The van der Waals surface area contributed by atoms with E-state index in [-0.39, 0.29) is 6.10 Å². The molecule has 0 amide bonds. The molecule has 8 heteroatoms. The number of aromatic nitrogens is 1. The van der Waals surface area contributed by atoms with E-state index < -0.39 is 11.5 Å². The Balaban J connectivity index is 2.10. The Bertz CT molecular complexity index is 514. The largest absolute Gasteiger partial charge is 0.566 e. The summed E-state index contributed by atoms with van der Waals surface area (Å²) < 4.78 is 23.0. The van der Waals surface area contributed by atoms with Crippen molar-refractivity contribution < 1.29 is 14.1 Å². The summed E-state index contributed by atoms with van der Waals surface area (Å²) in [5.41, 5.74) is 0.803. The summed E-state index contributed by atoms with van der Waals surface area (Å²) in [6.45, 7) is 4.57. The number of carbonyl (C=O) groups excluding carboxylic acids is 1. The summed E-state index contributed by atoms with van der Waals surface area (Å²) in [7, 11) is 0. The molecule has 1 aliphatic rings. The third kappa shape index (κ3) is 3.66. The van der Waals surface area contributed by atoms with E-state index in [1.54, 1.807) is 17.7 Å². The van der Waals surface area contributed by atoms with Crippen molar-refractivity contribution in [3.63, 3.8) is 0 Å². The normalized spacial score (nSPS) is 19.0. The van der Waals surface area contributed by atoms with Gasteiger partial charge in [0.2, 0.25) is 11.5 Å². The van der Waals surface area contributed by atoms with Crippen LogP contribution >= 0.6 is 11.3 Å². The molecule has 0 fully saturated rings. The number of aldehydes is 1. The smallest absolute Gasteiger partial charge is 0.223 e. The van der Waals surface area contributed by atoms with E-state index in [0.29, 0.717) is 35.9 Å². The van der Waals surface area contributed by atoms with E-state index in [2.05, 4.69) is 9.38 Å². The number of rotatable bonds is 6. The topological polar surface area (TPSA) is 77.8 Å². The van der Waals surface area contributed by atoms with Crippen molar-refractivity contribution >= 4 is 34.9 Å². The van der Waals surface area contributed by atoms with Crippen LogP contribution in [-0.2, 0) is 21.1 Å². The van der Waals surface area contributed by atoms with Crippen molar-refractivity contribution in [3.05, 3.63) is 28.4 Å². The number of hydrogen-bond acceptors (Lipinski definition) is 7. The second-order valence-electron chi connectivity index (χ2n) is 4.25. The number of thiazole rings is 1. The Morgan fingerprint density at radius 2 is 2.40 bits per heavy atom. The van der Waals surface area contributed by atoms with Gasteiger partial charge in [-0.3, -0.25) is 4.79 Å². The number of allylic oxidation sites excluding steroid dienone is 2. The highest BCUT2D eigenvalue weighted by molar-refractivity contribution is 7.88. The van der Waals surface area contributed by atoms with Crippen LogP contribution in [0.1, 0.15) is 18.9 Å². The SMILES string of the molecule is CC(C)OCCN1C(C=O)=CC(c2nccs2)=N[S+]1[O-]. The van der Waals surface area contributed by atoms with Crippen LogP contribution in [0.25, 0.3) is 0 Å². The van der Waals surface area contributed by atoms with Crippen LogP contribution in [-0.4, -0.2) is 45.1 Å². The summed E-state index contributed by atoms with van der Waals surface area (Å²) in [4.78, 5) is 15.3. The Kier molecular flexibility index (Phi) is 5.30. The lowest BCUT2D eigenvalue weighted by molar-refractivity contribution is -0.105. The predicted octanol–water partition coefficient (Wildman–Crippen LogP) is 1.33. The first kappa shape index (κ1) is 15.2. The summed E-state index contributed by atoms with van der Waals surface area (Å²) in [5, 5.41) is 2.45. The number of nitrogens with zero attached hydrogens (tertiary/aromatic N) is 3. The van der Waals surface area contributed by atoms with Gasteiger partial charge in [0.15, 0.2) is 12.0 Å². The standard InChI is InChI=1S/C12H15N3O3S2/c1-9(2)18-5-4-15-10(8-16)7-11(14-20(15)17)12-13-3-6-19-12/h3,6-9H,4-5H2,1-2H3. The second kappa shape index (κ2) is 6.98. The molecule has 0 radical (unpaired) electrons. The third-order valence-electron chi connectivity index (χ3n) is 2.46. The van der Waals surface area contributed by atoms with Crippen LogP contribution in [0, 0.1) is 0 Å². The molecular formula is C12H15N3O3S2. The lowest BCUT2D eigenvalue weighted by Crippen LogP contribution is -2.36. The molecular weight excluding hydrogens is 298 g/mol.